The molecule has 1 unspecified atom stereocenters. The van der Waals surface area contributed by atoms with E-state index in [9.17, 15) is 8.42 Å². The Morgan fingerprint density at radius 3 is 2.79 bits per heavy atom. The third-order valence-corrected chi connectivity index (χ3v) is 6.72. The van der Waals surface area contributed by atoms with Gasteiger partial charge in [-0.2, -0.15) is 0 Å². The van der Waals surface area contributed by atoms with Gasteiger partial charge in [0.1, 0.15) is 0 Å². The molecule has 1 atom stereocenters. The first-order chi connectivity index (χ1) is 9.05. The number of sulfone groups is 1. The van der Waals surface area contributed by atoms with Gasteiger partial charge in [0.25, 0.3) is 0 Å². The molecule has 0 N–H and O–H groups in total. The Morgan fingerprint density at radius 2 is 2.11 bits per heavy atom. The lowest BCUT2D eigenvalue weighted by atomic mass is 10.1. The maximum absolute atomic E-state index is 11.5. The van der Waals surface area contributed by atoms with E-state index < -0.39 is 9.84 Å². The number of nitrogens with zero attached hydrogens (tertiary/aromatic N) is 1. The molecule has 19 heavy (non-hydrogen) atoms. The van der Waals surface area contributed by atoms with Crippen molar-refractivity contribution in [2.45, 2.75) is 12.3 Å². The predicted octanol–water partition coefficient (Wildman–Crippen LogP) is 3.47. The summed E-state index contributed by atoms with van der Waals surface area (Å²) in [5.74, 6) is 0.614. The largest absolute Gasteiger partial charge is 0.241 e. The van der Waals surface area contributed by atoms with Gasteiger partial charge >= 0.3 is 0 Å². The lowest BCUT2D eigenvalue weighted by Crippen LogP contribution is -2.03. The van der Waals surface area contributed by atoms with Gasteiger partial charge in [0.2, 0.25) is 0 Å². The Hall–Kier alpha value is -0.720. The van der Waals surface area contributed by atoms with E-state index in [-0.39, 0.29) is 11.7 Å². The normalized spacial score (nSPS) is 21.6. The number of hydrogen-bond donors (Lipinski definition) is 0. The highest BCUT2D eigenvalue weighted by atomic mass is 79.9. The van der Waals surface area contributed by atoms with Gasteiger partial charge in [0, 0.05) is 21.3 Å². The van der Waals surface area contributed by atoms with Gasteiger partial charge in [0.05, 0.1) is 22.2 Å². The van der Waals surface area contributed by atoms with Crippen LogP contribution in [0.15, 0.2) is 34.1 Å². The Kier molecular flexibility index (Phi) is 3.49. The van der Waals surface area contributed by atoms with Crippen molar-refractivity contribution in [3.63, 3.8) is 0 Å². The second-order valence-corrected chi connectivity index (χ2v) is 8.62. The predicted molar refractivity (Wildman–Crippen MR) is 81.3 cm³/mol. The molecule has 0 bridgehead atoms. The minimum Gasteiger partial charge on any atom is -0.241 e. The molecule has 1 aliphatic heterocycles. The van der Waals surface area contributed by atoms with Crippen LogP contribution in [0.5, 0.6) is 0 Å². The van der Waals surface area contributed by atoms with Crippen LogP contribution in [0.4, 0.5) is 0 Å². The zero-order chi connectivity index (χ0) is 13.5. The van der Waals surface area contributed by atoms with E-state index in [1.807, 2.05) is 29.6 Å². The van der Waals surface area contributed by atoms with Crippen molar-refractivity contribution in [1.29, 1.82) is 0 Å². The minimum absolute atomic E-state index is 0.0752. The number of halogens is 1. The summed E-state index contributed by atoms with van der Waals surface area (Å²) in [6, 6.07) is 7.92. The highest BCUT2D eigenvalue weighted by Gasteiger charge is 2.31. The van der Waals surface area contributed by atoms with Crippen LogP contribution >= 0.6 is 27.3 Å². The van der Waals surface area contributed by atoms with E-state index in [4.69, 9.17) is 0 Å². The maximum Gasteiger partial charge on any atom is 0.151 e. The van der Waals surface area contributed by atoms with Gasteiger partial charge in [-0.15, -0.1) is 11.3 Å². The first-order valence-electron chi connectivity index (χ1n) is 5.96. The number of rotatable bonds is 2. The van der Waals surface area contributed by atoms with E-state index in [1.165, 1.54) is 0 Å². The van der Waals surface area contributed by atoms with Crippen molar-refractivity contribution in [1.82, 2.24) is 4.98 Å². The fourth-order valence-corrected chi connectivity index (χ4v) is 5.56. The fraction of sp³-hybridized carbons (Fsp3) is 0.308. The van der Waals surface area contributed by atoms with Gasteiger partial charge < -0.3 is 0 Å². The first kappa shape index (κ1) is 13.3. The van der Waals surface area contributed by atoms with E-state index >= 15 is 0 Å². The molecule has 1 aromatic heterocycles. The van der Waals surface area contributed by atoms with Crippen LogP contribution in [-0.4, -0.2) is 24.9 Å². The second kappa shape index (κ2) is 5.00. The zero-order valence-corrected chi connectivity index (χ0v) is 13.3. The molecule has 1 fully saturated rings. The smallest absolute Gasteiger partial charge is 0.151 e. The Balaban J connectivity index is 1.91. The number of benzene rings is 1. The summed E-state index contributed by atoms with van der Waals surface area (Å²) in [5, 5.41) is 2.94. The highest BCUT2D eigenvalue weighted by Crippen LogP contribution is 2.35. The average molecular weight is 358 g/mol. The van der Waals surface area contributed by atoms with Crippen LogP contribution < -0.4 is 0 Å². The summed E-state index contributed by atoms with van der Waals surface area (Å²) in [6.45, 7) is 0. The molecule has 0 aliphatic carbocycles. The Morgan fingerprint density at radius 1 is 1.32 bits per heavy atom. The lowest BCUT2D eigenvalue weighted by Gasteiger charge is -2.02. The summed E-state index contributed by atoms with van der Waals surface area (Å²) in [7, 11) is -2.85. The zero-order valence-electron chi connectivity index (χ0n) is 10.0. The van der Waals surface area contributed by atoms with Crippen molar-refractivity contribution < 1.29 is 8.42 Å². The SMILES string of the molecule is O=S1(=O)CCC(c2nc(-c3ccccc3Br)cs2)C1. The molecule has 100 valence electrons. The fourth-order valence-electron chi connectivity index (χ4n) is 2.26. The molecule has 3 rings (SSSR count). The quantitative estimate of drug-likeness (QED) is 0.826. The van der Waals surface area contributed by atoms with Gasteiger partial charge in [-0.1, -0.05) is 34.1 Å². The summed E-state index contributed by atoms with van der Waals surface area (Å²) >= 11 is 5.07. The van der Waals surface area contributed by atoms with Crippen molar-refractivity contribution in [3.8, 4) is 11.3 Å². The minimum atomic E-state index is -2.85. The molecule has 1 aromatic carbocycles. The lowest BCUT2D eigenvalue weighted by molar-refractivity contribution is 0.601. The van der Waals surface area contributed by atoms with Crippen molar-refractivity contribution in [3.05, 3.63) is 39.1 Å². The highest BCUT2D eigenvalue weighted by molar-refractivity contribution is 9.10. The molecular weight excluding hydrogens is 346 g/mol. The molecule has 2 heterocycles. The van der Waals surface area contributed by atoms with Crippen LogP contribution in [0.2, 0.25) is 0 Å². The molecule has 0 spiro atoms. The van der Waals surface area contributed by atoms with Gasteiger partial charge in [0.15, 0.2) is 9.84 Å². The second-order valence-electron chi connectivity index (χ2n) is 4.65. The topological polar surface area (TPSA) is 47.0 Å². The molecule has 1 saturated heterocycles. The number of hydrogen-bond acceptors (Lipinski definition) is 4. The Labute approximate surface area is 124 Å². The van der Waals surface area contributed by atoms with Gasteiger partial charge in [-0.3, -0.25) is 0 Å². The van der Waals surface area contributed by atoms with Crippen molar-refractivity contribution >= 4 is 37.1 Å². The number of aromatic nitrogens is 1. The maximum atomic E-state index is 11.5. The summed E-state index contributed by atoms with van der Waals surface area (Å²) < 4.78 is 24.0. The molecule has 0 amide bonds. The van der Waals surface area contributed by atoms with Crippen LogP contribution in [0, 0.1) is 0 Å². The summed E-state index contributed by atoms with van der Waals surface area (Å²) in [5.41, 5.74) is 1.96. The summed E-state index contributed by atoms with van der Waals surface area (Å²) in [4.78, 5) is 4.61. The monoisotopic (exact) mass is 357 g/mol. The molecule has 3 nitrogen and oxygen atoms in total. The summed E-state index contributed by atoms with van der Waals surface area (Å²) in [6.07, 6.45) is 0.700. The molecule has 0 saturated carbocycles. The molecule has 1 aliphatic rings. The van der Waals surface area contributed by atoms with Crippen molar-refractivity contribution in [2.75, 3.05) is 11.5 Å². The first-order valence-corrected chi connectivity index (χ1v) is 9.45. The Bertz CT molecular complexity index is 709. The third kappa shape index (κ3) is 2.75. The van der Waals surface area contributed by atoms with E-state index in [0.29, 0.717) is 12.2 Å². The standard InChI is InChI=1S/C13H12BrNO2S2/c14-11-4-2-1-3-10(11)12-7-18-13(15-12)9-5-6-19(16,17)8-9/h1-4,7,9H,5-6,8H2. The van der Waals surface area contributed by atoms with E-state index in [2.05, 4.69) is 20.9 Å². The average Bonchev–Trinajstić information content (AvgIpc) is 2.96. The van der Waals surface area contributed by atoms with Gasteiger partial charge in [-0.05, 0) is 12.5 Å². The molecule has 6 heteroatoms. The third-order valence-electron chi connectivity index (χ3n) is 3.25. The van der Waals surface area contributed by atoms with Crippen LogP contribution in [-0.2, 0) is 9.84 Å². The van der Waals surface area contributed by atoms with Gasteiger partial charge in [-0.25, -0.2) is 13.4 Å². The van der Waals surface area contributed by atoms with Crippen LogP contribution in [0.1, 0.15) is 17.3 Å². The molecule has 0 radical (unpaired) electrons. The van der Waals surface area contributed by atoms with Crippen molar-refractivity contribution in [2.24, 2.45) is 0 Å². The van der Waals surface area contributed by atoms with E-state index in [0.717, 1.165) is 20.7 Å². The van der Waals surface area contributed by atoms with Crippen LogP contribution in [0.25, 0.3) is 11.3 Å². The number of thiazole rings is 1. The molecular formula is C13H12BrNO2S2. The molecule has 2 aromatic rings. The van der Waals surface area contributed by atoms with Crippen LogP contribution in [0.3, 0.4) is 0 Å². The van der Waals surface area contributed by atoms with E-state index in [1.54, 1.807) is 11.3 Å².